The topological polar surface area (TPSA) is 430 Å². The van der Waals surface area contributed by atoms with Crippen LogP contribution >= 0.6 is 0 Å². The molecule has 1 aromatic heterocycles. The van der Waals surface area contributed by atoms with Gasteiger partial charge < -0.3 is 68.8 Å². The van der Waals surface area contributed by atoms with E-state index < -0.39 is 160 Å². The van der Waals surface area contributed by atoms with Crippen molar-refractivity contribution in [2.75, 3.05) is 6.54 Å². The zero-order valence-electron chi connectivity index (χ0n) is 60.4. The second-order valence-electron chi connectivity index (χ2n) is 27.7. The number of primary amides is 1. The fourth-order valence-electron chi connectivity index (χ4n) is 11.1. The Labute approximate surface area is 586 Å². The first-order valence-corrected chi connectivity index (χ1v) is 34.7. The second-order valence-corrected chi connectivity index (χ2v) is 27.7. The lowest BCUT2D eigenvalue weighted by Crippen LogP contribution is -2.61. The van der Waals surface area contributed by atoms with Crippen molar-refractivity contribution >= 4 is 93.2 Å². The largest absolute Gasteiger partial charge is 0.508 e. The Morgan fingerprint density at radius 3 is 1.72 bits per heavy atom. The predicted molar refractivity (Wildman–Crippen MR) is 377 cm³/mol. The number of carbonyl (C=O) groups is 14. The van der Waals surface area contributed by atoms with E-state index in [1.165, 1.54) is 86.6 Å². The molecule has 0 radical (unpaired) electrons. The van der Waals surface area contributed by atoms with E-state index in [2.05, 4.69) is 65.8 Å². The molecule has 0 aliphatic carbocycles. The molecular formula is C73H109N11O16. The highest BCUT2D eigenvalue weighted by atomic mass is 16.4. The number of unbranched alkanes of at least 4 members (excludes halogenated alkanes) is 5. The van der Waals surface area contributed by atoms with Crippen LogP contribution in [0.1, 0.15) is 191 Å². The zero-order chi connectivity index (χ0) is 75.2. The number of carbonyl (C=O) groups excluding carboxylic acids is 13. The minimum Gasteiger partial charge on any atom is -0.508 e. The van der Waals surface area contributed by atoms with E-state index >= 15 is 0 Å². The molecule has 27 nitrogen and oxygen atoms in total. The van der Waals surface area contributed by atoms with Crippen LogP contribution in [0.2, 0.25) is 0 Å². The fourth-order valence-corrected chi connectivity index (χ4v) is 11.1. The molecule has 1 heterocycles. The van der Waals surface area contributed by atoms with Crippen LogP contribution in [0.5, 0.6) is 5.75 Å². The summed E-state index contributed by atoms with van der Waals surface area (Å²) < 4.78 is 0. The van der Waals surface area contributed by atoms with Crippen molar-refractivity contribution in [3.05, 3.63) is 78.0 Å². The van der Waals surface area contributed by atoms with Gasteiger partial charge in [0.05, 0.1) is 23.5 Å². The summed E-state index contributed by atoms with van der Waals surface area (Å²) in [7, 11) is 0. The molecular weight excluding hydrogens is 1290 g/mol. The summed E-state index contributed by atoms with van der Waals surface area (Å²) in [4.78, 5) is 192. The van der Waals surface area contributed by atoms with Gasteiger partial charge in [-0.05, 0) is 135 Å². The maximum atomic E-state index is 15.0. The second kappa shape index (κ2) is 41.4. The average Bonchev–Trinajstić information content (AvgIpc) is 1.32. The number of H-pyrrole nitrogens is 1. The smallest absolute Gasteiger partial charge is 0.303 e. The maximum absolute atomic E-state index is 15.0. The van der Waals surface area contributed by atoms with E-state index in [4.69, 9.17) is 5.73 Å². The van der Waals surface area contributed by atoms with Gasteiger partial charge in [0.2, 0.25) is 64.7 Å². The van der Waals surface area contributed by atoms with E-state index in [-0.39, 0.29) is 68.9 Å². The number of aromatic nitrogens is 1. The molecule has 27 heteroatoms. The molecule has 0 bridgehead atoms. The summed E-state index contributed by atoms with van der Waals surface area (Å²) in [6, 6.07) is 2.73. The predicted octanol–water partition coefficient (Wildman–Crippen LogP) is 4.82. The first-order chi connectivity index (χ1) is 46.9. The zero-order valence-corrected chi connectivity index (χ0v) is 60.4. The number of phenolic OH excluding ortho intramolecular Hbond substituents is 1. The molecule has 100 heavy (non-hydrogen) atoms. The fraction of sp³-hybridized carbons (Fsp3) is 0.589. The number of benzene rings is 2. The number of rotatable bonds is 47. The van der Waals surface area contributed by atoms with E-state index in [1.54, 1.807) is 13.1 Å². The van der Waals surface area contributed by atoms with Gasteiger partial charge in [-0.25, -0.2) is 0 Å². The number of fused-ring (bicyclic) bond motifs is 1. The summed E-state index contributed by atoms with van der Waals surface area (Å²) in [5.41, 5.74) is 4.16. The van der Waals surface area contributed by atoms with Gasteiger partial charge in [0.25, 0.3) is 0 Å². The molecule has 0 aliphatic heterocycles. The summed E-state index contributed by atoms with van der Waals surface area (Å²) in [5, 5.41) is 44.5. The number of allylic oxidation sites excluding steroid dienone is 2. The number of amides is 9. The minimum atomic E-state index is -1.66. The number of nitrogens with one attached hydrogen (secondary N) is 10. The number of nitrogens with two attached hydrogens (primary N) is 1. The van der Waals surface area contributed by atoms with Gasteiger partial charge in [0.15, 0.2) is 5.78 Å². The minimum absolute atomic E-state index is 0.0359. The van der Waals surface area contributed by atoms with Crippen molar-refractivity contribution in [3.8, 4) is 5.75 Å². The van der Waals surface area contributed by atoms with Gasteiger partial charge in [0.1, 0.15) is 47.3 Å². The molecule has 0 aliphatic rings. The molecule has 2 aromatic carbocycles. The molecule has 552 valence electrons. The summed E-state index contributed by atoms with van der Waals surface area (Å²) in [6.45, 7) is 20.1. The van der Waals surface area contributed by atoms with E-state index in [9.17, 15) is 77.3 Å². The van der Waals surface area contributed by atoms with Crippen LogP contribution in [-0.4, -0.2) is 158 Å². The maximum Gasteiger partial charge on any atom is 0.303 e. The normalized spacial score (nSPS) is 15.2. The Bertz CT molecular complexity index is 3360. The molecule has 3 aromatic rings. The highest BCUT2D eigenvalue weighted by molar-refractivity contribution is 6.41. The average molecular weight is 1400 g/mol. The molecule has 0 fully saturated rings. The molecule has 9 amide bonds. The van der Waals surface area contributed by atoms with Crippen LogP contribution in [0.25, 0.3) is 10.9 Å². The van der Waals surface area contributed by atoms with Gasteiger partial charge in [-0.2, -0.15) is 0 Å². The third kappa shape index (κ3) is 29.0. The van der Waals surface area contributed by atoms with Crippen LogP contribution < -0.4 is 53.6 Å². The number of para-hydroxylation sites is 1. The van der Waals surface area contributed by atoms with Crippen LogP contribution in [0.15, 0.2) is 66.9 Å². The molecule has 3 rings (SSSR count). The first-order valence-electron chi connectivity index (χ1n) is 34.7. The molecule has 11 atom stereocenters. The quantitative estimate of drug-likeness (QED) is 0.0205. The Hall–Kier alpha value is -9.14. The van der Waals surface area contributed by atoms with E-state index in [0.717, 1.165) is 43.0 Å². The number of phenols is 1. The molecule has 0 saturated carbocycles. The van der Waals surface area contributed by atoms with E-state index in [0.29, 0.717) is 24.0 Å². The lowest BCUT2D eigenvalue weighted by Gasteiger charge is -2.33. The van der Waals surface area contributed by atoms with Crippen molar-refractivity contribution in [2.24, 2.45) is 28.9 Å². The Morgan fingerprint density at radius 2 is 1.14 bits per heavy atom. The number of carboxylic acids is 1. The van der Waals surface area contributed by atoms with Gasteiger partial charge in [-0.15, -0.1) is 0 Å². The first kappa shape index (κ1) is 85.1. The van der Waals surface area contributed by atoms with Gasteiger partial charge in [0, 0.05) is 67.6 Å². The number of carboxylic acid groups (broad SMARTS) is 1. The van der Waals surface area contributed by atoms with Crippen molar-refractivity contribution in [1.82, 2.24) is 52.8 Å². The van der Waals surface area contributed by atoms with Crippen LogP contribution in [0, 0.1) is 23.2 Å². The standard InChI is InChI=1S/C73H109N11O16/c1-14-15-16-17-18-19-20-21-24-35-73(13,71(100)80-49(10)66(95)79-48(9)65(94)78-47(8)64(93)77-46(7)62(91)61(90)45(6)75-40-43(4)63(74)92)84-67(96)51(36-42(2)3)29-33-59(87)57(38-52-41-76-55-26-23-22-25-54(52)55)81-69(98)58(37-50-27-30-53(86)31-28-50)82-68(97)56(32-34-60(88)89)83-70(99)72(11,12)39-44(5)85/h19-20,22-23,25-28,30-31,41-43,45-49,51,56-58,75-76,86H,14-18,21,24,29,32-40H2,1-13H3,(H2,74,92)(H,77,93)(H,78,94)(H,79,95)(H,80,100)(H,81,98)(H,82,97)(H,83,99)(H,84,96)(H,88,89)/b20-19+/t43-,45-,46-,47?,48-,49?,51-,56-,57-,58?,73-/m0/s1. The SMILES string of the molecule is CCCCCC/C=C/CCC[C@](C)(NC(=O)[C@@H](CCC(=O)[C@H](Cc1c[nH]c2ccccc12)NC(=O)C(Cc1ccc(O)cc1)NC(=O)[C@H](CCC(=O)O)NC(=O)C(C)(C)CC(C)=O)CC(C)C)C(=O)NC(C)C(=O)N[C@@H](C)C(=O)NC(C)C(=O)N[C@@H](C)C(=O)C(=O)[C@H](C)NC[C@H](C)C(N)=O. The van der Waals surface area contributed by atoms with Crippen LogP contribution in [-0.2, 0) is 80.0 Å². The number of Topliss-reactive ketones (excluding diaryl/α,β-unsaturated/α-hetero) is 4. The van der Waals surface area contributed by atoms with Crippen molar-refractivity contribution < 1.29 is 77.3 Å². The summed E-state index contributed by atoms with van der Waals surface area (Å²) in [5.74, 6) is -12.4. The van der Waals surface area contributed by atoms with Crippen molar-refractivity contribution in [2.45, 2.75) is 247 Å². The molecule has 0 spiro atoms. The lowest BCUT2D eigenvalue weighted by atomic mass is 9.86. The summed E-state index contributed by atoms with van der Waals surface area (Å²) in [6.07, 6.45) is 10.5. The van der Waals surface area contributed by atoms with Crippen molar-refractivity contribution in [1.29, 1.82) is 0 Å². The highest BCUT2D eigenvalue weighted by Gasteiger charge is 2.40. The number of aromatic hydroxyl groups is 1. The number of aromatic amines is 1. The molecule has 0 saturated heterocycles. The molecule has 3 unspecified atom stereocenters. The Morgan fingerprint density at radius 1 is 0.580 bits per heavy atom. The number of ketones is 4. The molecule has 14 N–H and O–H groups in total. The highest BCUT2D eigenvalue weighted by Crippen LogP contribution is 2.26. The Balaban J connectivity index is 1.93. The van der Waals surface area contributed by atoms with Crippen LogP contribution in [0.3, 0.4) is 0 Å². The van der Waals surface area contributed by atoms with Crippen molar-refractivity contribution in [3.63, 3.8) is 0 Å². The number of hydrogen-bond donors (Lipinski definition) is 13. The third-order valence-electron chi connectivity index (χ3n) is 17.4. The third-order valence-corrected chi connectivity index (χ3v) is 17.4. The van der Waals surface area contributed by atoms with Crippen LogP contribution in [0.4, 0.5) is 0 Å². The monoisotopic (exact) mass is 1400 g/mol. The van der Waals surface area contributed by atoms with Gasteiger partial charge in [-0.1, -0.05) is 103 Å². The van der Waals surface area contributed by atoms with E-state index in [1.807, 2.05) is 44.2 Å². The summed E-state index contributed by atoms with van der Waals surface area (Å²) >= 11 is 0. The van der Waals surface area contributed by atoms with Gasteiger partial charge >= 0.3 is 5.97 Å². The van der Waals surface area contributed by atoms with Gasteiger partial charge in [-0.3, -0.25) is 67.1 Å². The number of aliphatic carboxylic acids is 1. The Kier molecular flexibility index (Phi) is 35.3. The lowest BCUT2D eigenvalue weighted by molar-refractivity contribution is -0.140. The number of hydrogen-bond acceptors (Lipinski definition) is 16.